The molecule has 5 aliphatic heterocycles. The van der Waals surface area contributed by atoms with E-state index >= 15 is 0 Å². The number of ether oxygens (including phenoxy) is 1. The van der Waals surface area contributed by atoms with Crippen LogP contribution in [-0.2, 0) is 0 Å². The van der Waals surface area contributed by atoms with Crippen LogP contribution in [0.4, 0.5) is 10.3 Å². The Bertz CT molecular complexity index is 4540. The molecule has 0 radical (unpaired) electrons. The molecule has 5 fully saturated rings. The average molecular weight is 1360 g/mol. The van der Waals surface area contributed by atoms with Crippen LogP contribution in [0, 0.1) is 0 Å². The molecule has 482 valence electrons. The number of rotatable bonds is 12. The minimum atomic E-state index is -0.179. The minimum absolute atomic E-state index is 0.0355. The summed E-state index contributed by atoms with van der Waals surface area (Å²) >= 11 is 9.12. The summed E-state index contributed by atoms with van der Waals surface area (Å²) in [6.07, 6.45) is 28.9. The molecule has 25 nitrogen and oxygen atoms in total. The van der Waals surface area contributed by atoms with Crippen LogP contribution in [0.15, 0.2) is 79.0 Å². The summed E-state index contributed by atoms with van der Waals surface area (Å²) in [7, 11) is 4.31. The molecule has 12 aromatic heterocycles. The summed E-state index contributed by atoms with van der Waals surface area (Å²) in [5.41, 5.74) is 6.27. The van der Waals surface area contributed by atoms with Gasteiger partial charge in [-0.05, 0) is 106 Å². The van der Waals surface area contributed by atoms with Crippen molar-refractivity contribution >= 4 is 107 Å². The lowest BCUT2D eigenvalue weighted by Gasteiger charge is -2.45. The van der Waals surface area contributed by atoms with Gasteiger partial charge in [-0.25, -0.2) is 44.4 Å². The molecule has 6 N–H and O–H groups in total. The Hall–Kier alpha value is -7.62. The van der Waals surface area contributed by atoms with E-state index in [2.05, 4.69) is 136 Å². The number of hydrogen-bond acceptors (Lipinski definition) is 27. The predicted molar refractivity (Wildman–Crippen MR) is 370 cm³/mol. The zero-order chi connectivity index (χ0) is 64.0. The molecule has 31 heteroatoms. The molecule has 17 heterocycles. The number of aromatic nitrogens is 17. The molecular formula is C62H70N22O3S6. The van der Waals surface area contributed by atoms with Gasteiger partial charge in [-0.15, -0.1) is 0 Å². The standard InChI is InChI=1S/C21H24N8OS2.C21H23N7OS2.C20H23N7OS2/c1-20-4-5-21(2,27-20)8-13(7-20)28(3)18-25-16-17(31-18)26-19(32-16)29-11-22-14(6-15(29)30)12-9-23-24-10-12;1-27(14-4-6-28-5-2-3-15(28)8-14)21-26-20-19(31-21)25-18(30-20)17-16(29)7-12(9-22-17)13-10-23-24-11-13;1-19(2)5-12(6-20(3,4)27-19)28-18-26-17-16(30-18)25-15(29-17)14-10-21-13(9-22-14)11-7-23-24-8-11/h6,9-11,13,27H,4-5,7-8H2,1-3H3,(H,23,24);7,9-11,14-15,29H,2-6,8H2,1H3,(H,23,24);7-10,12,27H,5-6H2,1-4H3,(H,23,24)/t13?,20-,21+;;. The van der Waals surface area contributed by atoms with Gasteiger partial charge in [-0.3, -0.25) is 25.1 Å². The van der Waals surface area contributed by atoms with Gasteiger partial charge in [-0.1, -0.05) is 68.0 Å². The maximum absolute atomic E-state index is 12.7. The number of nitrogens with one attached hydrogen (secondary N) is 5. The van der Waals surface area contributed by atoms with Crippen LogP contribution in [0.25, 0.3) is 89.2 Å². The normalized spacial score (nSPS) is 22.6. The number of fused-ring (bicyclic) bond motifs is 6. The first kappa shape index (κ1) is 61.6. The molecule has 2 bridgehead atoms. The fraction of sp³-hybridized carbons (Fsp3) is 0.452. The van der Waals surface area contributed by atoms with E-state index in [4.69, 9.17) is 29.7 Å². The maximum Gasteiger partial charge on any atom is 0.276 e. The van der Waals surface area contributed by atoms with Crippen molar-refractivity contribution in [2.75, 3.05) is 37.0 Å². The molecule has 3 unspecified atom stereocenters. The van der Waals surface area contributed by atoms with Gasteiger partial charge in [0.2, 0.25) is 5.13 Å². The Morgan fingerprint density at radius 1 is 0.570 bits per heavy atom. The smallest absolute Gasteiger partial charge is 0.276 e. The van der Waals surface area contributed by atoms with E-state index < -0.39 is 0 Å². The summed E-state index contributed by atoms with van der Waals surface area (Å²) in [5, 5.41) is 43.0. The van der Waals surface area contributed by atoms with Gasteiger partial charge in [0, 0.05) is 127 Å². The lowest BCUT2D eigenvalue weighted by molar-refractivity contribution is 0.0559. The van der Waals surface area contributed by atoms with Crippen LogP contribution in [0.3, 0.4) is 0 Å². The number of piperidine rings is 3. The van der Waals surface area contributed by atoms with Crippen molar-refractivity contribution in [1.82, 2.24) is 101 Å². The van der Waals surface area contributed by atoms with Crippen molar-refractivity contribution in [3.63, 3.8) is 0 Å². The highest BCUT2D eigenvalue weighted by Crippen LogP contribution is 2.46. The maximum atomic E-state index is 12.7. The van der Waals surface area contributed by atoms with E-state index in [1.54, 1.807) is 84.5 Å². The Morgan fingerprint density at radius 3 is 1.81 bits per heavy atom. The molecule has 0 aliphatic carbocycles. The van der Waals surface area contributed by atoms with Crippen LogP contribution in [0.2, 0.25) is 0 Å². The van der Waals surface area contributed by atoms with Crippen LogP contribution >= 0.6 is 68.0 Å². The van der Waals surface area contributed by atoms with E-state index in [-0.39, 0.29) is 39.6 Å². The van der Waals surface area contributed by atoms with Crippen LogP contribution in [0.1, 0.15) is 106 Å². The number of pyridine rings is 1. The summed E-state index contributed by atoms with van der Waals surface area (Å²) in [5.74, 6) is 0.112. The second kappa shape index (κ2) is 24.3. The molecule has 0 spiro atoms. The van der Waals surface area contributed by atoms with Crippen molar-refractivity contribution in [2.24, 2.45) is 0 Å². The zero-order valence-electron chi connectivity index (χ0n) is 52.5. The van der Waals surface area contributed by atoms with Gasteiger partial charge in [0.1, 0.15) is 39.6 Å². The van der Waals surface area contributed by atoms with E-state index in [0.717, 1.165) is 110 Å². The minimum Gasteiger partial charge on any atom is -0.506 e. The molecule has 0 amide bonds. The van der Waals surface area contributed by atoms with Gasteiger partial charge in [0.15, 0.2) is 39.2 Å². The van der Waals surface area contributed by atoms with Gasteiger partial charge in [0.05, 0.1) is 42.4 Å². The Kier molecular flexibility index (Phi) is 16.1. The predicted octanol–water partition coefficient (Wildman–Crippen LogP) is 11.4. The SMILES string of the molecule is CC1(C)CC(Oc2nc3sc(-c4cnc(-c5cn[nH]c5)cn4)nc3s2)CC(C)(C)N1.CN(c1nc2sc(-c3ncc(-c4cn[nH]c4)cc3O)nc2s1)C1CCN2CCCC2C1.CN(c1nc2sc(-n3cnc(-c4cn[nH]c4)cc3=O)nc2s1)C1C[C@]2(C)CC[C@](C)(C1)N2. The first-order valence-corrected chi connectivity index (χ1v) is 36.0. The second-order valence-corrected chi connectivity index (χ2v) is 32.5. The Labute approximate surface area is 558 Å². The molecule has 5 atom stereocenters. The summed E-state index contributed by atoms with van der Waals surface area (Å²) in [6.45, 7) is 16.0. The molecule has 17 rings (SSSR count). The quantitative estimate of drug-likeness (QED) is 0.0662. The highest BCUT2D eigenvalue weighted by Gasteiger charge is 2.50. The van der Waals surface area contributed by atoms with Gasteiger partial charge in [0.25, 0.3) is 10.8 Å². The molecule has 93 heavy (non-hydrogen) atoms. The van der Waals surface area contributed by atoms with Crippen LogP contribution in [-0.4, -0.2) is 169 Å². The van der Waals surface area contributed by atoms with E-state index in [1.807, 2.05) is 0 Å². The van der Waals surface area contributed by atoms with Crippen LogP contribution < -0.4 is 30.7 Å². The largest absolute Gasteiger partial charge is 0.506 e. The summed E-state index contributed by atoms with van der Waals surface area (Å²) in [6, 6.07) is 4.94. The fourth-order valence-corrected chi connectivity index (χ4v) is 20.3. The molecule has 5 saturated heterocycles. The topological polar surface area (TPSA) is 300 Å². The highest BCUT2D eigenvalue weighted by molar-refractivity contribution is 7.30. The molecule has 0 aromatic carbocycles. The average Bonchev–Trinajstić information content (AvgIpc) is 1.76. The van der Waals surface area contributed by atoms with Crippen molar-refractivity contribution < 1.29 is 9.84 Å². The van der Waals surface area contributed by atoms with Crippen molar-refractivity contribution in [3.05, 3.63) is 84.6 Å². The molecule has 0 saturated carbocycles. The highest BCUT2D eigenvalue weighted by atomic mass is 32.1. The van der Waals surface area contributed by atoms with Gasteiger partial charge < -0.3 is 35.2 Å². The van der Waals surface area contributed by atoms with Crippen molar-refractivity contribution in [1.29, 1.82) is 0 Å². The van der Waals surface area contributed by atoms with Crippen LogP contribution in [0.5, 0.6) is 10.9 Å². The number of aromatic hydroxyl groups is 1. The van der Waals surface area contributed by atoms with Crippen molar-refractivity contribution in [3.8, 4) is 71.1 Å². The van der Waals surface area contributed by atoms with E-state index in [0.29, 0.717) is 38.8 Å². The number of hydrogen-bond donors (Lipinski definition) is 6. The number of H-pyrrole nitrogens is 3. The number of aromatic amines is 3. The first-order valence-electron chi connectivity index (χ1n) is 31.1. The van der Waals surface area contributed by atoms with E-state index in [9.17, 15) is 9.90 Å². The number of thiazole rings is 6. The Balaban J connectivity index is 0.000000115. The lowest BCUT2D eigenvalue weighted by Crippen LogP contribution is -2.60. The fourth-order valence-electron chi connectivity index (χ4n) is 14.2. The molecule has 12 aromatic rings. The zero-order valence-corrected chi connectivity index (χ0v) is 57.4. The third-order valence-corrected chi connectivity index (χ3v) is 24.6. The van der Waals surface area contributed by atoms with E-state index in [1.165, 1.54) is 114 Å². The monoisotopic (exact) mass is 1360 g/mol. The molecule has 5 aliphatic rings. The lowest BCUT2D eigenvalue weighted by atomic mass is 9.81. The van der Waals surface area contributed by atoms with Gasteiger partial charge >= 0.3 is 0 Å². The first-order chi connectivity index (χ1) is 44.7. The summed E-state index contributed by atoms with van der Waals surface area (Å²) < 4.78 is 7.74. The third kappa shape index (κ3) is 12.8. The van der Waals surface area contributed by atoms with Gasteiger partial charge in [-0.2, -0.15) is 20.3 Å². The second-order valence-electron chi connectivity index (χ2n) is 26.7. The number of anilines is 2. The number of nitrogens with zero attached hydrogens (tertiary/aromatic N) is 17. The third-order valence-electron chi connectivity index (χ3n) is 18.4. The summed E-state index contributed by atoms with van der Waals surface area (Å²) in [4.78, 5) is 71.6. The Morgan fingerprint density at radius 2 is 1.17 bits per heavy atom. The molecular weight excluding hydrogens is 1290 g/mol. The van der Waals surface area contributed by atoms with Crippen molar-refractivity contribution in [2.45, 2.75) is 152 Å².